The van der Waals surface area contributed by atoms with E-state index in [-0.39, 0.29) is 23.8 Å². The molecule has 0 spiro atoms. The van der Waals surface area contributed by atoms with Gasteiger partial charge >= 0.3 is 12.1 Å². The van der Waals surface area contributed by atoms with Gasteiger partial charge in [-0.25, -0.2) is 4.98 Å². The standard InChI is InChI=1S/C27H32F3N5O4S/c1-13(39-25(2,3)4)20(34-24(38)27(28,29)30)23(37)35-11-15-19(26(15,5)6)21(35)22(36)33-17(10-31)14-7-8-18-16(9-14)32-12-40-18/h7-9,12-13,15,17,19-21H,11H2,1-6H3,(H,33,36)(H,34,38)/t13-,15+,17?,19+,20+,21+/m1/s1. The number of amides is 3. The number of benzene rings is 1. The number of ether oxygens (including phenoxy) is 1. The van der Waals surface area contributed by atoms with Crippen molar-refractivity contribution in [2.75, 3.05) is 6.54 Å². The number of thiazole rings is 1. The summed E-state index contributed by atoms with van der Waals surface area (Å²) in [7, 11) is 0. The maximum Gasteiger partial charge on any atom is 0.471 e. The molecule has 2 aromatic rings. The van der Waals surface area contributed by atoms with Crippen LogP contribution in [0.5, 0.6) is 0 Å². The average Bonchev–Trinajstić information content (AvgIpc) is 3.24. The normalized spacial score (nSPS) is 24.0. The number of hydrogen-bond donors (Lipinski definition) is 2. The highest BCUT2D eigenvalue weighted by Crippen LogP contribution is 2.65. The molecule has 216 valence electrons. The summed E-state index contributed by atoms with van der Waals surface area (Å²) in [5.74, 6) is -4.06. The van der Waals surface area contributed by atoms with Crippen molar-refractivity contribution in [3.05, 3.63) is 29.3 Å². The van der Waals surface area contributed by atoms with E-state index >= 15 is 0 Å². The van der Waals surface area contributed by atoms with Crippen molar-refractivity contribution < 1.29 is 32.3 Å². The van der Waals surface area contributed by atoms with Crippen LogP contribution in [0, 0.1) is 28.6 Å². The molecule has 40 heavy (non-hydrogen) atoms. The zero-order valence-electron chi connectivity index (χ0n) is 23.0. The fourth-order valence-corrected chi connectivity index (χ4v) is 6.35. The van der Waals surface area contributed by atoms with Crippen molar-refractivity contribution in [3.63, 3.8) is 0 Å². The van der Waals surface area contributed by atoms with Crippen LogP contribution >= 0.6 is 11.3 Å². The Hall–Kier alpha value is -3.24. The van der Waals surface area contributed by atoms with Crippen molar-refractivity contribution in [1.29, 1.82) is 5.26 Å². The molecular weight excluding hydrogens is 547 g/mol. The van der Waals surface area contributed by atoms with E-state index < -0.39 is 53.7 Å². The predicted octanol–water partition coefficient (Wildman–Crippen LogP) is 3.71. The highest BCUT2D eigenvalue weighted by molar-refractivity contribution is 7.16. The summed E-state index contributed by atoms with van der Waals surface area (Å²) >= 11 is 1.44. The van der Waals surface area contributed by atoms with Crippen LogP contribution in [-0.2, 0) is 19.1 Å². The van der Waals surface area contributed by atoms with Crippen LogP contribution in [0.1, 0.15) is 53.1 Å². The van der Waals surface area contributed by atoms with Crippen LogP contribution < -0.4 is 10.6 Å². The number of halogens is 3. The fraction of sp³-hybridized carbons (Fsp3) is 0.593. The van der Waals surface area contributed by atoms with E-state index in [0.29, 0.717) is 11.1 Å². The van der Waals surface area contributed by atoms with E-state index in [9.17, 15) is 32.8 Å². The monoisotopic (exact) mass is 579 g/mol. The molecule has 13 heteroatoms. The second-order valence-corrected chi connectivity index (χ2v) is 12.8. The lowest BCUT2D eigenvalue weighted by Gasteiger charge is -2.36. The van der Waals surface area contributed by atoms with Gasteiger partial charge in [-0.3, -0.25) is 14.4 Å². The molecule has 1 aliphatic carbocycles. The SMILES string of the molecule is C[C@@H](OC(C)(C)C)[C@H](NC(=O)C(F)(F)F)C(=O)N1C[C@H]2[C@@H]([C@H]1C(=O)NC(C#N)c1ccc3scnc3c1)C2(C)C. The van der Waals surface area contributed by atoms with Crippen LogP contribution in [-0.4, -0.2) is 64.1 Å². The number of aromatic nitrogens is 1. The number of likely N-dealkylation sites (tertiary alicyclic amines) is 1. The molecule has 6 atom stereocenters. The zero-order valence-corrected chi connectivity index (χ0v) is 23.8. The third-order valence-corrected chi connectivity index (χ3v) is 8.49. The summed E-state index contributed by atoms with van der Waals surface area (Å²) in [5.41, 5.74) is 1.74. The number of piperidine rings is 1. The zero-order chi connectivity index (χ0) is 29.8. The lowest BCUT2D eigenvalue weighted by atomic mass is 9.98. The van der Waals surface area contributed by atoms with Crippen LogP contribution in [0.4, 0.5) is 13.2 Å². The van der Waals surface area contributed by atoms with Crippen LogP contribution in [0.15, 0.2) is 23.7 Å². The third kappa shape index (κ3) is 5.78. The minimum atomic E-state index is -5.22. The van der Waals surface area contributed by atoms with Crippen molar-refractivity contribution in [2.24, 2.45) is 17.3 Å². The molecule has 1 aromatic carbocycles. The Bertz CT molecular complexity index is 1360. The lowest BCUT2D eigenvalue weighted by molar-refractivity contribution is -0.177. The largest absolute Gasteiger partial charge is 0.471 e. The molecule has 2 fully saturated rings. The van der Waals surface area contributed by atoms with Crippen LogP contribution in [0.3, 0.4) is 0 Å². The minimum Gasteiger partial charge on any atom is -0.370 e. The first-order valence-electron chi connectivity index (χ1n) is 12.8. The number of carbonyl (C=O) groups excluding carboxylic acids is 3. The highest BCUT2D eigenvalue weighted by Gasteiger charge is 2.69. The summed E-state index contributed by atoms with van der Waals surface area (Å²) in [5, 5.41) is 14.4. The molecule has 0 bridgehead atoms. The van der Waals surface area contributed by atoms with Gasteiger partial charge in [0, 0.05) is 6.54 Å². The van der Waals surface area contributed by atoms with Crippen LogP contribution in [0.2, 0.25) is 0 Å². The molecule has 1 unspecified atom stereocenters. The first-order valence-corrected chi connectivity index (χ1v) is 13.7. The van der Waals surface area contributed by atoms with E-state index in [0.717, 1.165) is 4.70 Å². The van der Waals surface area contributed by atoms with Gasteiger partial charge in [-0.1, -0.05) is 19.9 Å². The number of hydrogen-bond acceptors (Lipinski definition) is 7. The predicted molar refractivity (Wildman–Crippen MR) is 141 cm³/mol. The second-order valence-electron chi connectivity index (χ2n) is 11.9. The Morgan fingerprint density at radius 3 is 2.50 bits per heavy atom. The molecule has 1 aromatic heterocycles. The Balaban J connectivity index is 1.61. The van der Waals surface area contributed by atoms with Crippen molar-refractivity contribution in [3.8, 4) is 6.07 Å². The second kappa shape index (κ2) is 10.3. The number of carbonyl (C=O) groups is 3. The quantitative estimate of drug-likeness (QED) is 0.516. The topological polar surface area (TPSA) is 124 Å². The van der Waals surface area contributed by atoms with Gasteiger partial charge in [-0.15, -0.1) is 11.3 Å². The number of alkyl halides is 3. The van der Waals surface area contributed by atoms with Crippen molar-refractivity contribution >= 4 is 39.3 Å². The first-order chi connectivity index (χ1) is 18.5. The van der Waals surface area contributed by atoms with Gasteiger partial charge in [-0.2, -0.15) is 18.4 Å². The fourth-order valence-electron chi connectivity index (χ4n) is 5.69. The molecule has 2 N–H and O–H groups in total. The number of nitriles is 1. The van der Waals surface area contributed by atoms with Gasteiger partial charge < -0.3 is 20.3 Å². The van der Waals surface area contributed by atoms with E-state index in [2.05, 4.69) is 16.4 Å². The third-order valence-electron chi connectivity index (χ3n) is 7.68. The summed E-state index contributed by atoms with van der Waals surface area (Å²) in [6.07, 6.45) is -6.35. The van der Waals surface area contributed by atoms with Crippen molar-refractivity contribution in [1.82, 2.24) is 20.5 Å². The molecular formula is C27H32F3N5O4S. The van der Waals surface area contributed by atoms with E-state index in [1.54, 1.807) is 49.8 Å². The molecule has 2 aliphatic rings. The van der Waals surface area contributed by atoms with E-state index in [1.807, 2.05) is 13.8 Å². The Labute approximate surface area is 234 Å². The molecule has 2 heterocycles. The van der Waals surface area contributed by atoms with E-state index in [4.69, 9.17) is 4.74 Å². The summed E-state index contributed by atoms with van der Waals surface area (Å²) in [6.45, 7) is 10.5. The molecule has 0 radical (unpaired) electrons. The molecule has 1 aliphatic heterocycles. The highest BCUT2D eigenvalue weighted by atomic mass is 32.1. The molecule has 1 saturated heterocycles. The molecule has 4 rings (SSSR count). The van der Waals surface area contributed by atoms with Gasteiger partial charge in [0.15, 0.2) is 0 Å². The average molecular weight is 580 g/mol. The van der Waals surface area contributed by atoms with Gasteiger partial charge in [0.05, 0.1) is 33.5 Å². The first kappa shape index (κ1) is 29.7. The lowest BCUT2D eigenvalue weighted by Crippen LogP contribution is -2.61. The maximum atomic E-state index is 13.8. The minimum absolute atomic E-state index is 0.0723. The number of rotatable bonds is 7. The molecule has 3 amide bonds. The number of nitrogens with zero attached hydrogens (tertiary/aromatic N) is 3. The smallest absolute Gasteiger partial charge is 0.370 e. The number of nitrogens with one attached hydrogen (secondary N) is 2. The number of fused-ring (bicyclic) bond motifs is 2. The van der Waals surface area contributed by atoms with E-state index in [1.165, 1.54) is 23.2 Å². The molecule has 9 nitrogen and oxygen atoms in total. The Morgan fingerprint density at radius 2 is 1.90 bits per heavy atom. The van der Waals surface area contributed by atoms with Gasteiger partial charge in [-0.05, 0) is 62.6 Å². The van der Waals surface area contributed by atoms with Gasteiger partial charge in [0.1, 0.15) is 18.1 Å². The van der Waals surface area contributed by atoms with Crippen LogP contribution in [0.25, 0.3) is 10.2 Å². The summed E-state index contributed by atoms with van der Waals surface area (Å²) in [4.78, 5) is 44.8. The summed E-state index contributed by atoms with van der Waals surface area (Å²) < 4.78 is 46.2. The van der Waals surface area contributed by atoms with Gasteiger partial charge in [0.25, 0.3) is 0 Å². The maximum absolute atomic E-state index is 13.8. The van der Waals surface area contributed by atoms with Gasteiger partial charge in [0.2, 0.25) is 11.8 Å². The van der Waals surface area contributed by atoms with Crippen molar-refractivity contribution in [2.45, 2.75) is 77.5 Å². The Morgan fingerprint density at radius 1 is 1.23 bits per heavy atom. The Kier molecular flexibility index (Phi) is 7.66. The summed E-state index contributed by atoms with van der Waals surface area (Å²) in [6, 6.07) is 3.51. The molecule has 1 saturated carbocycles.